The van der Waals surface area contributed by atoms with Crippen molar-refractivity contribution in [2.75, 3.05) is 0 Å². The molecule has 0 unspecified atom stereocenters. The Morgan fingerprint density at radius 2 is 1.14 bits per heavy atom. The Labute approximate surface area is 236 Å². The van der Waals surface area contributed by atoms with E-state index >= 15 is 0 Å². The molecular weight excluding hydrogens is 629 g/mol. The number of benzene rings is 1. The minimum atomic E-state index is 0.913. The third-order valence-electron chi connectivity index (χ3n) is 6.46. The van der Waals surface area contributed by atoms with E-state index in [1.807, 2.05) is 68.0 Å². The second kappa shape index (κ2) is 6.99. The molecule has 0 fully saturated rings. The summed E-state index contributed by atoms with van der Waals surface area (Å²) in [7, 11) is 6.12. The average molecular weight is 639 g/mol. The molecule has 0 spiro atoms. The normalized spacial score (nSPS) is 13.0. The fourth-order valence-electron chi connectivity index (χ4n) is 5.00. The summed E-state index contributed by atoms with van der Waals surface area (Å²) in [5, 5.41) is 0. The molecule has 0 bridgehead atoms. The largest absolute Gasteiger partial charge is 0.305 e. The van der Waals surface area contributed by atoms with Gasteiger partial charge in [0.25, 0.3) is 0 Å². The van der Waals surface area contributed by atoms with Crippen molar-refractivity contribution in [3.8, 4) is 5.69 Å². The summed E-state index contributed by atoms with van der Waals surface area (Å²) in [6.07, 6.45) is 0. The van der Waals surface area contributed by atoms with Gasteiger partial charge in [-0.2, -0.15) is 0 Å². The van der Waals surface area contributed by atoms with Gasteiger partial charge in [0.1, 0.15) is 7.85 Å². The molecule has 0 atom stereocenters. The first-order valence-electron chi connectivity index (χ1n) is 10.7. The van der Waals surface area contributed by atoms with Crippen molar-refractivity contribution < 1.29 is 0 Å². The van der Waals surface area contributed by atoms with Gasteiger partial charge in [0, 0.05) is 15.1 Å². The third kappa shape index (κ3) is 2.62. The molecule has 1 aromatic carbocycles. The molecule has 9 rings (SSSR count). The Morgan fingerprint density at radius 3 is 1.94 bits per heavy atom. The van der Waals surface area contributed by atoms with Gasteiger partial charge in [-0.15, -0.1) is 79.4 Å². The molecular formula is C25H9BBrNS7. The van der Waals surface area contributed by atoms with Crippen LogP contribution in [0.5, 0.6) is 0 Å². The first kappa shape index (κ1) is 20.8. The minimum Gasteiger partial charge on any atom is -0.305 e. The van der Waals surface area contributed by atoms with Crippen LogP contribution in [-0.2, 0) is 0 Å². The second-order valence-corrected chi connectivity index (χ2v) is 17.3. The maximum absolute atomic E-state index is 6.12. The van der Waals surface area contributed by atoms with Crippen molar-refractivity contribution in [1.82, 2.24) is 4.57 Å². The Hall–Kier alpha value is -1.24. The predicted molar refractivity (Wildman–Crippen MR) is 171 cm³/mol. The molecule has 1 nitrogen and oxygen atoms in total. The van der Waals surface area contributed by atoms with Gasteiger partial charge in [-0.05, 0) is 51.9 Å². The van der Waals surface area contributed by atoms with Gasteiger partial charge in [0.05, 0.1) is 61.8 Å². The number of nitrogens with zero attached hydrogens (tertiary/aromatic N) is 1. The van der Waals surface area contributed by atoms with E-state index in [1.54, 1.807) is 11.3 Å². The third-order valence-corrected chi connectivity index (χ3v) is 16.2. The summed E-state index contributed by atoms with van der Waals surface area (Å²) in [4.78, 5) is 0. The molecule has 8 heterocycles. The van der Waals surface area contributed by atoms with Crippen molar-refractivity contribution >= 4 is 175 Å². The van der Waals surface area contributed by atoms with Crippen LogP contribution in [0.3, 0.4) is 0 Å². The Kier molecular flexibility index (Phi) is 4.15. The van der Waals surface area contributed by atoms with E-state index in [-0.39, 0.29) is 0 Å². The van der Waals surface area contributed by atoms with Gasteiger partial charge in [-0.3, -0.25) is 0 Å². The van der Waals surface area contributed by atoms with Crippen molar-refractivity contribution in [2.45, 2.75) is 6.92 Å². The zero-order chi connectivity index (χ0) is 23.2. The van der Waals surface area contributed by atoms with Crippen LogP contribution in [0.15, 0.2) is 40.2 Å². The zero-order valence-corrected chi connectivity index (χ0v) is 25.0. The monoisotopic (exact) mass is 637 g/mol. The highest BCUT2D eigenvalue weighted by molar-refractivity contribution is 9.11. The van der Waals surface area contributed by atoms with E-state index in [0.29, 0.717) is 0 Å². The summed E-state index contributed by atoms with van der Waals surface area (Å²) < 4.78 is 21.6. The average Bonchev–Trinajstić information content (AvgIpc) is 3.63. The molecule has 9 aromatic rings. The lowest BCUT2D eigenvalue weighted by atomic mass is 10.1. The van der Waals surface area contributed by atoms with Gasteiger partial charge in [0.2, 0.25) is 0 Å². The number of rotatable bonds is 1. The molecule has 0 aliphatic carbocycles. The highest BCUT2D eigenvalue weighted by atomic mass is 79.9. The van der Waals surface area contributed by atoms with E-state index < -0.39 is 0 Å². The fourth-order valence-corrected chi connectivity index (χ4v) is 15.6. The number of fused-ring (bicyclic) bond motifs is 13. The van der Waals surface area contributed by atoms with Crippen LogP contribution in [-0.4, -0.2) is 12.4 Å². The van der Waals surface area contributed by atoms with E-state index in [2.05, 4.69) is 63.8 Å². The number of thiophene rings is 7. The first-order chi connectivity index (χ1) is 17.0. The summed E-state index contributed by atoms with van der Waals surface area (Å²) in [6, 6.07) is 13.4. The fraction of sp³-hybridized carbons (Fsp3) is 0.0400. The predicted octanol–water partition coefficient (Wildman–Crippen LogP) is 10.8. The molecule has 2 radical (unpaired) electrons. The highest BCUT2D eigenvalue weighted by Crippen LogP contribution is 2.57. The molecule has 0 saturated heterocycles. The first-order valence-corrected chi connectivity index (χ1v) is 17.2. The van der Waals surface area contributed by atoms with E-state index in [9.17, 15) is 0 Å². The van der Waals surface area contributed by atoms with Crippen LogP contribution in [0, 0.1) is 6.92 Å². The van der Waals surface area contributed by atoms with Crippen LogP contribution in [0.4, 0.5) is 0 Å². The number of aromatic nitrogens is 1. The molecule has 0 aliphatic rings. The van der Waals surface area contributed by atoms with Crippen molar-refractivity contribution in [1.29, 1.82) is 0 Å². The van der Waals surface area contributed by atoms with E-state index in [4.69, 9.17) is 7.85 Å². The van der Waals surface area contributed by atoms with Gasteiger partial charge in [0.15, 0.2) is 0 Å². The summed E-state index contributed by atoms with van der Waals surface area (Å²) in [6.45, 7) is 2.16. The Bertz CT molecular complexity index is 2300. The summed E-state index contributed by atoms with van der Waals surface area (Å²) >= 11 is 17.1. The quantitative estimate of drug-likeness (QED) is 0.158. The van der Waals surface area contributed by atoms with E-state index in [1.165, 1.54) is 82.5 Å². The molecule has 166 valence electrons. The highest BCUT2D eigenvalue weighted by Gasteiger charge is 2.27. The van der Waals surface area contributed by atoms with Crippen LogP contribution in [0.25, 0.3) is 73.1 Å². The summed E-state index contributed by atoms with van der Waals surface area (Å²) in [5.41, 5.74) is 5.27. The van der Waals surface area contributed by atoms with Gasteiger partial charge < -0.3 is 4.57 Å². The summed E-state index contributed by atoms with van der Waals surface area (Å²) in [5.74, 6) is 0. The smallest absolute Gasteiger partial charge is 0.128 e. The zero-order valence-electron chi connectivity index (χ0n) is 17.7. The van der Waals surface area contributed by atoms with Crippen molar-refractivity contribution in [3.05, 3.63) is 45.7 Å². The van der Waals surface area contributed by atoms with E-state index in [0.717, 1.165) is 4.78 Å². The standard InChI is InChI=1S/C25H9BBrNS7/c1-8-2-4-9(5-3-8)28-14-16-11(7-13(27)32-16)29-18(14)19-15(28)20-22(33-19)24-25(34-20)23-21(35-24)17-10(30-23)6-12(26)31-17/h2-7H,1H3. The number of hydrogen-bond acceptors (Lipinski definition) is 7. The molecule has 0 aliphatic heterocycles. The molecule has 8 aromatic heterocycles. The van der Waals surface area contributed by atoms with Gasteiger partial charge >= 0.3 is 0 Å². The van der Waals surface area contributed by atoms with Crippen LogP contribution in [0.1, 0.15) is 5.56 Å². The molecule has 0 amide bonds. The SMILES string of the molecule is [B]c1cc2sc3c(sc4c3sc3c4sc4c5sc6cc(Br)sc6c5n(-c5ccc(C)cc5)c34)c2s1. The lowest BCUT2D eigenvalue weighted by Crippen LogP contribution is -1.92. The number of halogens is 1. The van der Waals surface area contributed by atoms with Gasteiger partial charge in [-0.1, -0.05) is 17.7 Å². The van der Waals surface area contributed by atoms with Crippen molar-refractivity contribution in [2.24, 2.45) is 0 Å². The molecule has 10 heteroatoms. The molecule has 0 saturated carbocycles. The van der Waals surface area contributed by atoms with Gasteiger partial charge in [-0.25, -0.2) is 0 Å². The second-order valence-electron chi connectivity index (χ2n) is 8.60. The minimum absolute atomic E-state index is 0.913. The van der Waals surface area contributed by atoms with Crippen LogP contribution >= 0.6 is 95.3 Å². The van der Waals surface area contributed by atoms with Crippen molar-refractivity contribution in [3.63, 3.8) is 0 Å². The topological polar surface area (TPSA) is 4.93 Å². The number of hydrogen-bond donors (Lipinski definition) is 0. The lowest BCUT2D eigenvalue weighted by Gasteiger charge is -2.07. The molecule has 0 N–H and O–H groups in total. The maximum atomic E-state index is 6.12. The molecule has 35 heavy (non-hydrogen) atoms. The lowest BCUT2D eigenvalue weighted by molar-refractivity contribution is 1.19. The Morgan fingerprint density at radius 1 is 0.600 bits per heavy atom. The van der Waals surface area contributed by atoms with Crippen LogP contribution < -0.4 is 4.78 Å². The Balaban J connectivity index is 1.47. The number of aryl methyl sites for hydroxylation is 1. The van der Waals surface area contributed by atoms with Crippen LogP contribution in [0.2, 0.25) is 0 Å². The maximum Gasteiger partial charge on any atom is 0.128 e.